The quantitative estimate of drug-likeness (QED) is 0.282. The smallest absolute Gasteiger partial charge is 0.230 e. The molecule has 0 aliphatic carbocycles. The van der Waals surface area contributed by atoms with Crippen LogP contribution in [-0.4, -0.2) is 23.7 Å². The maximum Gasteiger partial charge on any atom is 0.230 e. The summed E-state index contributed by atoms with van der Waals surface area (Å²) < 4.78 is 2.59. The summed E-state index contributed by atoms with van der Waals surface area (Å²) in [6, 6.07) is 0. The standard InChI is InChI=1S/C6H11NO2S2/c8-3-1-5-11-7-6(9)2-4-10/h3,10H,1-2,4-5H2,(H,7,9). The molecule has 0 saturated heterocycles. The van der Waals surface area contributed by atoms with E-state index in [0.29, 0.717) is 24.3 Å². The Morgan fingerprint density at radius 1 is 1.64 bits per heavy atom. The molecule has 0 bridgehead atoms. The highest BCUT2D eigenvalue weighted by molar-refractivity contribution is 7.97. The van der Waals surface area contributed by atoms with Crippen molar-refractivity contribution in [1.29, 1.82) is 0 Å². The normalized spacial score (nSPS) is 9.18. The zero-order valence-corrected chi connectivity index (χ0v) is 7.79. The van der Waals surface area contributed by atoms with Gasteiger partial charge in [0.05, 0.1) is 0 Å². The van der Waals surface area contributed by atoms with Crippen molar-refractivity contribution in [1.82, 2.24) is 4.72 Å². The third-order valence-electron chi connectivity index (χ3n) is 0.863. The van der Waals surface area contributed by atoms with E-state index < -0.39 is 0 Å². The second-order valence-electron chi connectivity index (χ2n) is 1.80. The summed E-state index contributed by atoms with van der Waals surface area (Å²) in [5.41, 5.74) is 0. The van der Waals surface area contributed by atoms with Gasteiger partial charge in [-0.05, 0) is 5.75 Å². The van der Waals surface area contributed by atoms with E-state index in [1.54, 1.807) is 0 Å². The van der Waals surface area contributed by atoms with Crippen molar-refractivity contribution in [2.75, 3.05) is 11.5 Å². The van der Waals surface area contributed by atoms with Crippen molar-refractivity contribution in [3.05, 3.63) is 0 Å². The summed E-state index contributed by atoms with van der Waals surface area (Å²) in [5, 5.41) is 0. The molecule has 0 unspecified atom stereocenters. The van der Waals surface area contributed by atoms with Gasteiger partial charge in [-0.15, -0.1) is 0 Å². The molecular formula is C6H11NO2S2. The minimum Gasteiger partial charge on any atom is -0.303 e. The molecule has 1 amide bonds. The third-order valence-corrected chi connectivity index (χ3v) is 1.90. The molecule has 3 nitrogen and oxygen atoms in total. The van der Waals surface area contributed by atoms with E-state index >= 15 is 0 Å². The van der Waals surface area contributed by atoms with Crippen molar-refractivity contribution in [3.8, 4) is 0 Å². The van der Waals surface area contributed by atoms with Gasteiger partial charge in [-0.1, -0.05) is 11.9 Å². The van der Waals surface area contributed by atoms with Crippen LogP contribution in [0.5, 0.6) is 0 Å². The Kier molecular flexibility index (Phi) is 7.83. The van der Waals surface area contributed by atoms with E-state index in [0.717, 1.165) is 6.29 Å². The van der Waals surface area contributed by atoms with E-state index in [-0.39, 0.29) is 5.91 Å². The molecule has 0 aliphatic rings. The first kappa shape index (κ1) is 10.8. The third kappa shape index (κ3) is 7.74. The lowest BCUT2D eigenvalue weighted by molar-refractivity contribution is -0.118. The summed E-state index contributed by atoms with van der Waals surface area (Å²) in [6.07, 6.45) is 1.74. The van der Waals surface area contributed by atoms with E-state index in [2.05, 4.69) is 17.4 Å². The Bertz CT molecular complexity index is 130. The van der Waals surface area contributed by atoms with Gasteiger partial charge < -0.3 is 9.52 Å². The summed E-state index contributed by atoms with van der Waals surface area (Å²) in [4.78, 5) is 20.6. The fourth-order valence-electron chi connectivity index (χ4n) is 0.391. The molecule has 0 heterocycles. The molecule has 0 rings (SSSR count). The zero-order chi connectivity index (χ0) is 8.53. The van der Waals surface area contributed by atoms with Gasteiger partial charge in [-0.2, -0.15) is 12.6 Å². The number of nitrogens with one attached hydrogen (secondary N) is 1. The summed E-state index contributed by atoms with van der Waals surface area (Å²) >= 11 is 5.16. The van der Waals surface area contributed by atoms with Crippen LogP contribution >= 0.6 is 24.6 Å². The predicted octanol–water partition coefficient (Wildman–Crippen LogP) is 0.660. The summed E-state index contributed by atoms with van der Waals surface area (Å²) in [7, 11) is 0. The van der Waals surface area contributed by atoms with Crippen LogP contribution < -0.4 is 4.72 Å². The monoisotopic (exact) mass is 193 g/mol. The van der Waals surface area contributed by atoms with E-state index in [4.69, 9.17) is 0 Å². The average molecular weight is 193 g/mol. The second kappa shape index (κ2) is 7.94. The maximum atomic E-state index is 10.7. The van der Waals surface area contributed by atoms with Crippen molar-refractivity contribution in [2.24, 2.45) is 0 Å². The molecular weight excluding hydrogens is 182 g/mol. The largest absolute Gasteiger partial charge is 0.303 e. The van der Waals surface area contributed by atoms with Crippen LogP contribution in [0.2, 0.25) is 0 Å². The Morgan fingerprint density at radius 2 is 2.36 bits per heavy atom. The molecule has 1 N–H and O–H groups in total. The Balaban J connectivity index is 3.10. The van der Waals surface area contributed by atoms with Crippen molar-refractivity contribution >= 4 is 36.8 Å². The van der Waals surface area contributed by atoms with Crippen LogP contribution in [0.4, 0.5) is 0 Å². The number of hydrogen-bond donors (Lipinski definition) is 2. The Labute approximate surface area is 75.9 Å². The molecule has 64 valence electrons. The lowest BCUT2D eigenvalue weighted by atomic mass is 10.5. The molecule has 0 aromatic rings. The summed E-state index contributed by atoms with van der Waals surface area (Å²) in [5.74, 6) is 1.16. The number of aldehydes is 1. The minimum atomic E-state index is -0.0316. The van der Waals surface area contributed by atoms with Gasteiger partial charge in [0.2, 0.25) is 5.91 Å². The number of carbonyl (C=O) groups excluding carboxylic acids is 2. The molecule has 5 heteroatoms. The number of carbonyl (C=O) groups is 2. The molecule has 0 saturated carbocycles. The van der Waals surface area contributed by atoms with Crippen LogP contribution in [0, 0.1) is 0 Å². The van der Waals surface area contributed by atoms with Gasteiger partial charge >= 0.3 is 0 Å². The van der Waals surface area contributed by atoms with Crippen LogP contribution in [0.25, 0.3) is 0 Å². The highest BCUT2D eigenvalue weighted by Crippen LogP contribution is 1.96. The molecule has 0 atom stereocenters. The molecule has 0 radical (unpaired) electrons. The first-order valence-corrected chi connectivity index (χ1v) is 4.88. The van der Waals surface area contributed by atoms with E-state index in [1.807, 2.05) is 0 Å². The highest BCUT2D eigenvalue weighted by Gasteiger charge is 1.97. The molecule has 0 fully saturated rings. The van der Waals surface area contributed by atoms with Crippen molar-refractivity contribution < 1.29 is 9.59 Å². The van der Waals surface area contributed by atoms with Gasteiger partial charge in [-0.3, -0.25) is 4.79 Å². The highest BCUT2D eigenvalue weighted by atomic mass is 32.2. The lowest BCUT2D eigenvalue weighted by Crippen LogP contribution is -2.16. The predicted molar refractivity (Wildman–Crippen MR) is 49.8 cm³/mol. The topological polar surface area (TPSA) is 46.2 Å². The molecule has 0 aromatic carbocycles. The average Bonchev–Trinajstić information content (AvgIpc) is 1.99. The zero-order valence-electron chi connectivity index (χ0n) is 6.08. The van der Waals surface area contributed by atoms with Crippen LogP contribution in [0.15, 0.2) is 0 Å². The van der Waals surface area contributed by atoms with Gasteiger partial charge in [0.1, 0.15) is 6.29 Å². The first-order chi connectivity index (χ1) is 5.31. The maximum absolute atomic E-state index is 10.7. The van der Waals surface area contributed by atoms with Gasteiger partial charge in [0.15, 0.2) is 0 Å². The van der Waals surface area contributed by atoms with E-state index in [9.17, 15) is 9.59 Å². The Morgan fingerprint density at radius 3 is 2.91 bits per heavy atom. The number of hydrogen-bond acceptors (Lipinski definition) is 4. The Hall–Kier alpha value is -0.160. The van der Waals surface area contributed by atoms with E-state index in [1.165, 1.54) is 11.9 Å². The molecule has 0 spiro atoms. The van der Waals surface area contributed by atoms with Gasteiger partial charge in [-0.25, -0.2) is 0 Å². The molecule has 11 heavy (non-hydrogen) atoms. The molecule has 0 aromatic heterocycles. The van der Waals surface area contributed by atoms with Crippen molar-refractivity contribution in [2.45, 2.75) is 12.8 Å². The van der Waals surface area contributed by atoms with Crippen LogP contribution in [-0.2, 0) is 9.59 Å². The second-order valence-corrected chi connectivity index (χ2v) is 3.15. The number of thiol groups is 1. The van der Waals surface area contributed by atoms with Gasteiger partial charge in [0.25, 0.3) is 0 Å². The lowest BCUT2D eigenvalue weighted by Gasteiger charge is -1.99. The fraction of sp³-hybridized carbons (Fsp3) is 0.667. The number of rotatable bonds is 6. The van der Waals surface area contributed by atoms with Crippen molar-refractivity contribution in [3.63, 3.8) is 0 Å². The molecule has 0 aliphatic heterocycles. The SMILES string of the molecule is O=CCCSNC(=O)CCS. The summed E-state index contributed by atoms with van der Waals surface area (Å²) in [6.45, 7) is 0. The first-order valence-electron chi connectivity index (χ1n) is 3.26. The van der Waals surface area contributed by atoms with Crippen LogP contribution in [0.3, 0.4) is 0 Å². The van der Waals surface area contributed by atoms with Gasteiger partial charge in [0, 0.05) is 18.6 Å². The fourth-order valence-corrected chi connectivity index (χ4v) is 1.17. The minimum absolute atomic E-state index is 0.0316. The van der Waals surface area contributed by atoms with Crippen LogP contribution in [0.1, 0.15) is 12.8 Å². The number of amides is 1.